The monoisotopic (exact) mass is 1080 g/mol. The molecule has 0 spiro atoms. The van der Waals surface area contributed by atoms with E-state index in [0.717, 1.165) is 0 Å². The molecule has 0 unspecified atom stereocenters. The van der Waals surface area contributed by atoms with Crippen LogP contribution < -0.4 is 32.3 Å². The fourth-order valence-corrected chi connectivity index (χ4v) is 4.04. The maximum Gasteiger partial charge on any atom is 0.408 e. The van der Waals surface area contributed by atoms with Gasteiger partial charge in [-0.1, -0.05) is 26.1 Å². The van der Waals surface area contributed by atoms with Gasteiger partial charge in [-0.25, -0.2) is 25.5 Å². The van der Waals surface area contributed by atoms with Crippen LogP contribution in [-0.2, 0) is 104 Å². The van der Waals surface area contributed by atoms with E-state index in [1.54, 1.807) is 96.9 Å². The molecule has 0 saturated carbocycles. The fraction of sp³-hybridized carbons (Fsp3) is 0.711. The van der Waals surface area contributed by atoms with Crippen molar-refractivity contribution >= 4 is 66.0 Å². The number of rotatable bonds is 21. The minimum absolute atomic E-state index is 0. The number of carbonyl (C=O) groups is 10. The zero-order chi connectivity index (χ0) is 53.8. The van der Waals surface area contributed by atoms with Gasteiger partial charge in [0, 0.05) is 39.1 Å². The second kappa shape index (κ2) is 41.5. The third-order valence-electron chi connectivity index (χ3n) is 6.57. The second-order valence-corrected chi connectivity index (χ2v) is 16.8. The van der Waals surface area contributed by atoms with E-state index >= 15 is 0 Å². The number of alkyl carbamates (subject to hydrolysis) is 3. The van der Waals surface area contributed by atoms with E-state index in [-0.39, 0.29) is 105 Å². The summed E-state index contributed by atoms with van der Waals surface area (Å²) < 4.78 is 33.6. The molecule has 0 aromatic heterocycles. The van der Waals surface area contributed by atoms with Gasteiger partial charge < -0.3 is 70.3 Å². The van der Waals surface area contributed by atoms with E-state index in [1.807, 2.05) is 0 Å². The topological polar surface area (TPSA) is 339 Å². The SMILES string of the molecule is C.C=C(C)[C@H](CC(C)=O)NC(=O)CNC(=O)OC(C)(C)C.CC(C)(C)OC(=O)NC[C-]=O.CCOC(=O)C[C@H](N)C(=O)OCC.CCOC(=O)C[C@H](NC(=O)CNC(=O)OC(C)(C)C)C(=O)OCC.[Y]. The van der Waals surface area contributed by atoms with Gasteiger partial charge in [0.2, 0.25) is 11.8 Å². The molecule has 70 heavy (non-hydrogen) atoms. The zero-order valence-electron chi connectivity index (χ0n) is 43.0. The number of nitrogens with two attached hydrogens (primary N) is 1. The molecule has 0 rings (SSSR count). The van der Waals surface area contributed by atoms with E-state index in [1.165, 1.54) is 13.2 Å². The summed E-state index contributed by atoms with van der Waals surface area (Å²) >= 11 is 0. The average molecular weight is 1080 g/mol. The van der Waals surface area contributed by atoms with E-state index < -0.39 is 95.4 Å². The quantitative estimate of drug-likeness (QED) is 0.0416. The largest absolute Gasteiger partial charge is 0.540 e. The number of Topliss-reactive ketones (excluding diaryl/α,β-unsaturated/α-hetero) is 1. The van der Waals surface area contributed by atoms with Crippen molar-refractivity contribution in [1.82, 2.24) is 26.6 Å². The molecule has 24 nitrogen and oxygen atoms in total. The molecule has 0 saturated heterocycles. The van der Waals surface area contributed by atoms with Gasteiger partial charge >= 0.3 is 42.2 Å². The predicted molar refractivity (Wildman–Crippen MR) is 253 cm³/mol. The van der Waals surface area contributed by atoms with Crippen molar-refractivity contribution in [2.75, 3.05) is 46.1 Å². The number of hydrogen-bond donors (Lipinski definition) is 6. The van der Waals surface area contributed by atoms with Crippen LogP contribution in [0.5, 0.6) is 0 Å². The van der Waals surface area contributed by atoms with Crippen molar-refractivity contribution in [1.29, 1.82) is 0 Å². The van der Waals surface area contributed by atoms with E-state index in [9.17, 15) is 52.7 Å². The van der Waals surface area contributed by atoms with Gasteiger partial charge in [-0.2, -0.15) is 0 Å². The summed E-state index contributed by atoms with van der Waals surface area (Å²) in [6, 6.07) is -2.52. The minimum Gasteiger partial charge on any atom is -0.540 e. The van der Waals surface area contributed by atoms with Crippen LogP contribution in [0, 0.1) is 0 Å². The summed E-state index contributed by atoms with van der Waals surface area (Å²) in [6.45, 7) is 29.0. The number of carbonyl (C=O) groups excluding carboxylic acids is 11. The van der Waals surface area contributed by atoms with Gasteiger partial charge in [0.25, 0.3) is 0 Å². The van der Waals surface area contributed by atoms with Crippen LogP contribution >= 0.6 is 0 Å². The van der Waals surface area contributed by atoms with Crippen molar-refractivity contribution in [2.45, 2.75) is 165 Å². The summed E-state index contributed by atoms with van der Waals surface area (Å²) in [5, 5.41) is 11.8. The van der Waals surface area contributed by atoms with Crippen molar-refractivity contribution in [3.8, 4) is 0 Å². The summed E-state index contributed by atoms with van der Waals surface area (Å²) in [5.74, 6) is -3.56. The van der Waals surface area contributed by atoms with Crippen LogP contribution in [-0.4, -0.2) is 147 Å². The number of hydrogen-bond acceptors (Lipinski definition) is 19. The van der Waals surface area contributed by atoms with Crippen LogP contribution in [0.25, 0.3) is 0 Å². The molecule has 0 aliphatic rings. The number of esters is 4. The Morgan fingerprint density at radius 3 is 1.21 bits per heavy atom. The Morgan fingerprint density at radius 2 is 0.886 bits per heavy atom. The summed E-state index contributed by atoms with van der Waals surface area (Å²) in [7, 11) is 0. The Labute approximate surface area is 438 Å². The minimum atomic E-state index is -1.18. The molecule has 1 radical (unpaired) electrons. The first-order chi connectivity index (χ1) is 31.2. The number of ether oxygens (including phenoxy) is 7. The molecular formula is C45H81N6O18Y-. The average Bonchev–Trinajstić information content (AvgIpc) is 3.17. The van der Waals surface area contributed by atoms with Crippen molar-refractivity contribution in [3.63, 3.8) is 0 Å². The molecule has 5 amide bonds. The molecule has 0 bridgehead atoms. The molecule has 403 valence electrons. The van der Waals surface area contributed by atoms with Gasteiger partial charge in [0.15, 0.2) is 0 Å². The Hall–Kier alpha value is -5.23. The summed E-state index contributed by atoms with van der Waals surface area (Å²) in [5.41, 5.74) is 4.21. The first-order valence-corrected chi connectivity index (χ1v) is 21.6. The molecule has 0 aliphatic heterocycles. The summed E-state index contributed by atoms with van der Waals surface area (Å²) in [4.78, 5) is 123. The maximum absolute atomic E-state index is 11.8. The van der Waals surface area contributed by atoms with Gasteiger partial charge in [-0.15, -0.1) is 0 Å². The Kier molecular flexibility index (Phi) is 45.3. The van der Waals surface area contributed by atoms with Crippen LogP contribution in [0.2, 0.25) is 0 Å². The molecule has 0 aromatic rings. The Bertz CT molecular complexity index is 1640. The van der Waals surface area contributed by atoms with Gasteiger partial charge in [0.1, 0.15) is 47.8 Å². The van der Waals surface area contributed by atoms with Gasteiger partial charge in [0.05, 0.1) is 45.3 Å². The molecule has 7 N–H and O–H groups in total. The molecule has 0 aromatic carbocycles. The van der Waals surface area contributed by atoms with Crippen LogP contribution in [0.15, 0.2) is 12.2 Å². The molecular weight excluding hydrogens is 1000 g/mol. The van der Waals surface area contributed by atoms with Gasteiger partial charge in [-0.05, 0) is 104 Å². The molecule has 25 heteroatoms. The third-order valence-corrected chi connectivity index (χ3v) is 6.57. The molecule has 0 aliphatic carbocycles. The number of nitrogens with one attached hydrogen (secondary N) is 5. The number of amides is 5. The fourth-order valence-electron chi connectivity index (χ4n) is 4.04. The molecule has 3 atom stereocenters. The Morgan fingerprint density at radius 1 is 0.543 bits per heavy atom. The normalized spacial score (nSPS) is 11.4. The standard InChI is InChI=1S/C15H26N2O7.C14H24N2O4.C8H15NO4.C7H12NO3.CH4.Y/c1-6-22-12(19)8-10(13(20)23-7-2)17-11(18)9-16-14(21)24-15(3,4)5;1-9(2)11(7-10(3)17)16-12(18)8-15-13(19)20-14(4,5)6;1-3-12-7(10)5-6(9)8(11)13-4-2;1-7(2,3)11-6(10)8-4-5-9;;/h10H,6-9H2,1-5H3,(H,16,21)(H,17,18);11H,1,7-8H2,2-6H3,(H,15,19)(H,16,18);6H,3-5,9H2,1-2H3;4H2,1-3H3,(H,8,10);1H4;/q;;;-1;;/t10-;11-;6-;;;/m000.../s1. The Balaban J connectivity index is -0.000000202. The summed E-state index contributed by atoms with van der Waals surface area (Å²) in [6.07, 6.45) is -0.803. The van der Waals surface area contributed by atoms with E-state index in [4.69, 9.17) is 29.4 Å². The van der Waals surface area contributed by atoms with Crippen molar-refractivity contribution in [3.05, 3.63) is 12.2 Å². The third kappa shape index (κ3) is 52.2. The van der Waals surface area contributed by atoms with Crippen molar-refractivity contribution in [2.24, 2.45) is 5.73 Å². The van der Waals surface area contributed by atoms with E-state index in [2.05, 4.69) is 42.6 Å². The molecule has 0 fully saturated rings. The second-order valence-electron chi connectivity index (χ2n) is 16.8. The van der Waals surface area contributed by atoms with Crippen LogP contribution in [0.3, 0.4) is 0 Å². The van der Waals surface area contributed by atoms with E-state index in [0.29, 0.717) is 5.57 Å². The maximum atomic E-state index is 11.8. The van der Waals surface area contributed by atoms with Crippen LogP contribution in [0.4, 0.5) is 14.4 Å². The predicted octanol–water partition coefficient (Wildman–Crippen LogP) is 3.15. The van der Waals surface area contributed by atoms with Crippen molar-refractivity contribution < 1.29 is 119 Å². The van der Waals surface area contributed by atoms with Crippen LogP contribution in [0.1, 0.15) is 131 Å². The first kappa shape index (κ1) is 76.3. The smallest absolute Gasteiger partial charge is 0.408 e. The zero-order valence-corrected chi connectivity index (χ0v) is 45.9. The van der Waals surface area contributed by atoms with Gasteiger partial charge in [-0.3, -0.25) is 28.8 Å². The first-order valence-electron chi connectivity index (χ1n) is 21.6. The number of ketones is 1. The molecule has 0 heterocycles.